The van der Waals surface area contributed by atoms with Crippen molar-refractivity contribution in [1.29, 1.82) is 0 Å². The van der Waals surface area contributed by atoms with Crippen molar-refractivity contribution in [1.82, 2.24) is 19.1 Å². The predicted molar refractivity (Wildman–Crippen MR) is 101 cm³/mol. The van der Waals surface area contributed by atoms with Gasteiger partial charge in [0, 0.05) is 37.9 Å². The first-order valence-electron chi connectivity index (χ1n) is 8.87. The van der Waals surface area contributed by atoms with Crippen molar-refractivity contribution in [3.8, 4) is 5.69 Å². The van der Waals surface area contributed by atoms with Crippen molar-refractivity contribution in [2.75, 3.05) is 24.6 Å². The smallest absolute Gasteiger partial charge is 0.338 e. The maximum Gasteiger partial charge on any atom is 0.338 e. The Bertz CT molecular complexity index is 1010. The molecule has 0 bridgehead atoms. The van der Waals surface area contributed by atoms with Crippen LogP contribution in [0.3, 0.4) is 0 Å². The zero-order valence-electron chi connectivity index (χ0n) is 15.0. The maximum atomic E-state index is 12.7. The third-order valence-corrected chi connectivity index (χ3v) is 4.59. The van der Waals surface area contributed by atoms with Gasteiger partial charge in [-0.25, -0.2) is 19.6 Å². The van der Waals surface area contributed by atoms with Gasteiger partial charge in [0.1, 0.15) is 0 Å². The van der Waals surface area contributed by atoms with Crippen LogP contribution in [0.5, 0.6) is 0 Å². The largest absolute Gasteiger partial charge is 0.478 e. The van der Waals surface area contributed by atoms with Crippen molar-refractivity contribution >= 4 is 11.9 Å². The molecule has 0 amide bonds. The Balaban J connectivity index is 1.46. The van der Waals surface area contributed by atoms with Crippen molar-refractivity contribution < 1.29 is 14.6 Å². The molecule has 9 heteroatoms. The minimum Gasteiger partial charge on any atom is -0.478 e. The highest BCUT2D eigenvalue weighted by Crippen LogP contribution is 2.14. The maximum absolute atomic E-state index is 12.7. The van der Waals surface area contributed by atoms with Gasteiger partial charge < -0.3 is 14.7 Å². The minimum atomic E-state index is -1.06. The summed E-state index contributed by atoms with van der Waals surface area (Å²) in [5.74, 6) is -0.610. The van der Waals surface area contributed by atoms with Crippen molar-refractivity contribution in [2.45, 2.75) is 12.6 Å². The summed E-state index contributed by atoms with van der Waals surface area (Å²) >= 11 is 0. The second kappa shape index (κ2) is 7.65. The fraction of sp³-hybridized carbons (Fsp3) is 0.263. The van der Waals surface area contributed by atoms with E-state index in [0.717, 1.165) is 5.69 Å². The molecular formula is C19H19N5O4. The molecule has 0 radical (unpaired) electrons. The lowest BCUT2D eigenvalue weighted by molar-refractivity contribution is 0.0284. The van der Waals surface area contributed by atoms with Gasteiger partial charge in [-0.1, -0.05) is 18.2 Å². The van der Waals surface area contributed by atoms with Crippen LogP contribution < -0.4 is 10.6 Å². The molecule has 3 heterocycles. The van der Waals surface area contributed by atoms with Crippen LogP contribution in [0.25, 0.3) is 5.69 Å². The van der Waals surface area contributed by atoms with E-state index in [0.29, 0.717) is 32.2 Å². The molecule has 4 rings (SSSR count). The van der Waals surface area contributed by atoms with Crippen LogP contribution in [0.1, 0.15) is 10.4 Å². The molecule has 1 atom stereocenters. The number of imidazole rings is 1. The van der Waals surface area contributed by atoms with E-state index in [9.17, 15) is 9.59 Å². The second-order valence-electron chi connectivity index (χ2n) is 6.45. The number of carboxylic acids is 1. The van der Waals surface area contributed by atoms with Gasteiger partial charge in [0.15, 0.2) is 0 Å². The number of rotatable bonds is 5. The lowest BCUT2D eigenvalue weighted by Crippen LogP contribution is -2.46. The average Bonchev–Trinajstić information content (AvgIpc) is 3.09. The number of aromatic nitrogens is 4. The molecule has 1 saturated heterocycles. The fourth-order valence-corrected chi connectivity index (χ4v) is 3.16. The van der Waals surface area contributed by atoms with E-state index in [-0.39, 0.29) is 17.4 Å². The van der Waals surface area contributed by atoms with E-state index in [1.54, 1.807) is 21.5 Å². The summed E-state index contributed by atoms with van der Waals surface area (Å²) in [5.41, 5.74) is 0.723. The molecule has 2 aromatic heterocycles. The SMILES string of the molecule is O=C(O)c1cnc(N2CCOC(Cn3ccn(-c4ccccc4)c3=O)C2)nc1. The molecule has 0 saturated carbocycles. The van der Waals surface area contributed by atoms with Crippen LogP contribution in [0, 0.1) is 0 Å². The van der Waals surface area contributed by atoms with Crippen LogP contribution in [0.15, 0.2) is 59.9 Å². The first-order chi connectivity index (χ1) is 13.6. The van der Waals surface area contributed by atoms with Gasteiger partial charge in [0.05, 0.1) is 30.5 Å². The van der Waals surface area contributed by atoms with Crippen LogP contribution in [-0.2, 0) is 11.3 Å². The fourth-order valence-electron chi connectivity index (χ4n) is 3.16. The molecule has 1 aromatic carbocycles. The lowest BCUT2D eigenvalue weighted by Gasteiger charge is -2.32. The highest BCUT2D eigenvalue weighted by atomic mass is 16.5. The zero-order chi connectivity index (χ0) is 19.5. The normalized spacial score (nSPS) is 16.9. The van der Waals surface area contributed by atoms with Crippen LogP contribution in [0.4, 0.5) is 5.95 Å². The zero-order valence-corrected chi connectivity index (χ0v) is 15.0. The molecule has 9 nitrogen and oxygen atoms in total. The molecule has 0 aliphatic carbocycles. The molecule has 0 spiro atoms. The number of nitrogens with zero attached hydrogens (tertiary/aromatic N) is 5. The molecule has 1 N–H and O–H groups in total. The first kappa shape index (κ1) is 17.9. The van der Waals surface area contributed by atoms with Gasteiger partial charge in [0.25, 0.3) is 0 Å². The summed E-state index contributed by atoms with van der Waals surface area (Å²) in [6.07, 6.45) is 5.86. The number of carboxylic acid groups (broad SMARTS) is 1. The quantitative estimate of drug-likeness (QED) is 0.704. The number of anilines is 1. The Morgan fingerprint density at radius 1 is 1.18 bits per heavy atom. The number of aromatic carboxylic acids is 1. The van der Waals surface area contributed by atoms with Crippen LogP contribution >= 0.6 is 0 Å². The molecule has 1 fully saturated rings. The first-order valence-corrected chi connectivity index (χ1v) is 8.87. The summed E-state index contributed by atoms with van der Waals surface area (Å²) in [4.78, 5) is 33.8. The second-order valence-corrected chi connectivity index (χ2v) is 6.45. The Kier molecular flexibility index (Phi) is 4.90. The summed E-state index contributed by atoms with van der Waals surface area (Å²) in [5, 5.41) is 8.95. The van der Waals surface area contributed by atoms with Crippen LogP contribution in [-0.4, -0.2) is 56.0 Å². The molecule has 1 unspecified atom stereocenters. The Labute approximate surface area is 160 Å². The molecular weight excluding hydrogens is 362 g/mol. The van der Waals surface area contributed by atoms with E-state index >= 15 is 0 Å². The van der Waals surface area contributed by atoms with Gasteiger partial charge >= 0.3 is 11.7 Å². The van der Waals surface area contributed by atoms with Crippen molar-refractivity contribution in [3.05, 3.63) is 71.2 Å². The van der Waals surface area contributed by atoms with Gasteiger partial charge in [-0.2, -0.15) is 0 Å². The lowest BCUT2D eigenvalue weighted by atomic mass is 10.2. The third-order valence-electron chi connectivity index (χ3n) is 4.59. The highest BCUT2D eigenvalue weighted by molar-refractivity contribution is 5.86. The van der Waals surface area contributed by atoms with E-state index < -0.39 is 5.97 Å². The summed E-state index contributed by atoms with van der Waals surface area (Å²) < 4.78 is 9.02. The molecule has 144 valence electrons. The Hall–Kier alpha value is -3.46. The van der Waals surface area contributed by atoms with E-state index in [2.05, 4.69) is 9.97 Å². The molecule has 1 aliphatic heterocycles. The number of benzene rings is 1. The van der Waals surface area contributed by atoms with Crippen molar-refractivity contribution in [2.24, 2.45) is 0 Å². The van der Waals surface area contributed by atoms with E-state index in [1.807, 2.05) is 35.2 Å². The predicted octanol–water partition coefficient (Wildman–Crippen LogP) is 1.03. The summed E-state index contributed by atoms with van der Waals surface area (Å²) in [6.45, 7) is 1.99. The Morgan fingerprint density at radius 2 is 1.93 bits per heavy atom. The van der Waals surface area contributed by atoms with Gasteiger partial charge in [-0.15, -0.1) is 0 Å². The monoisotopic (exact) mass is 381 g/mol. The summed E-state index contributed by atoms with van der Waals surface area (Å²) in [7, 11) is 0. The molecule has 1 aliphatic rings. The average molecular weight is 381 g/mol. The topological polar surface area (TPSA) is 102 Å². The molecule has 3 aromatic rings. The van der Waals surface area contributed by atoms with E-state index in [1.165, 1.54) is 12.4 Å². The third kappa shape index (κ3) is 3.65. The number of ether oxygens (including phenoxy) is 1. The highest BCUT2D eigenvalue weighted by Gasteiger charge is 2.24. The number of hydrogen-bond acceptors (Lipinski definition) is 6. The standard InChI is InChI=1S/C19H19N5O4/c25-17(26)14-10-20-18(21-11-14)22-8-9-28-16(12-22)13-23-6-7-24(19(23)27)15-4-2-1-3-5-15/h1-7,10-11,16H,8-9,12-13H2,(H,25,26). The number of hydrogen-bond donors (Lipinski definition) is 1. The molecule has 28 heavy (non-hydrogen) atoms. The minimum absolute atomic E-state index is 0.0439. The Morgan fingerprint density at radius 3 is 2.64 bits per heavy atom. The van der Waals surface area contributed by atoms with Gasteiger partial charge in [-0.3, -0.25) is 9.13 Å². The van der Waals surface area contributed by atoms with Gasteiger partial charge in [0.2, 0.25) is 5.95 Å². The van der Waals surface area contributed by atoms with Gasteiger partial charge in [-0.05, 0) is 12.1 Å². The van der Waals surface area contributed by atoms with Crippen molar-refractivity contribution in [3.63, 3.8) is 0 Å². The number of carbonyl (C=O) groups is 1. The van der Waals surface area contributed by atoms with E-state index in [4.69, 9.17) is 9.84 Å². The van der Waals surface area contributed by atoms with Crippen LogP contribution in [0.2, 0.25) is 0 Å². The number of morpholine rings is 1. The number of para-hydroxylation sites is 1. The summed E-state index contributed by atoms with van der Waals surface area (Å²) in [6, 6.07) is 9.43.